The molecule has 112 valence electrons. The van der Waals surface area contributed by atoms with Gasteiger partial charge in [0.1, 0.15) is 5.75 Å². The highest BCUT2D eigenvalue weighted by Gasteiger charge is 2.67. The number of hydrogen-bond donors (Lipinski definition) is 2. The SMILES string of the molecule is NNC(c1cccc2c1OCCC2)C1C2C3CCC(C3)C21. The molecule has 5 unspecified atom stereocenters. The fourth-order valence-corrected chi connectivity index (χ4v) is 5.91. The Labute approximate surface area is 126 Å². The molecule has 0 spiro atoms. The molecule has 0 radical (unpaired) electrons. The number of aryl methyl sites for hydroxylation is 1. The fourth-order valence-electron chi connectivity index (χ4n) is 5.91. The van der Waals surface area contributed by atoms with Crippen LogP contribution in [0.3, 0.4) is 0 Å². The molecule has 3 fully saturated rings. The van der Waals surface area contributed by atoms with Gasteiger partial charge in [-0.25, -0.2) is 0 Å². The minimum absolute atomic E-state index is 0.288. The van der Waals surface area contributed by atoms with Gasteiger partial charge in [-0.3, -0.25) is 11.3 Å². The van der Waals surface area contributed by atoms with Crippen LogP contribution in [0, 0.1) is 29.6 Å². The molecule has 0 aromatic heterocycles. The lowest BCUT2D eigenvalue weighted by atomic mass is 9.90. The van der Waals surface area contributed by atoms with E-state index in [9.17, 15) is 0 Å². The van der Waals surface area contributed by atoms with Crippen LogP contribution in [0.1, 0.15) is 42.9 Å². The zero-order chi connectivity index (χ0) is 14.0. The van der Waals surface area contributed by atoms with Crippen molar-refractivity contribution < 1.29 is 4.74 Å². The molecule has 2 bridgehead atoms. The minimum Gasteiger partial charge on any atom is -0.493 e. The van der Waals surface area contributed by atoms with Gasteiger partial charge < -0.3 is 4.74 Å². The number of nitrogens with two attached hydrogens (primary N) is 1. The molecule has 0 saturated heterocycles. The molecule has 3 heteroatoms. The van der Waals surface area contributed by atoms with Crippen molar-refractivity contribution >= 4 is 0 Å². The van der Waals surface area contributed by atoms with Crippen molar-refractivity contribution in [3.63, 3.8) is 0 Å². The summed E-state index contributed by atoms with van der Waals surface area (Å²) in [5, 5.41) is 0. The Morgan fingerprint density at radius 2 is 2.00 bits per heavy atom. The van der Waals surface area contributed by atoms with Crippen molar-refractivity contribution in [3.05, 3.63) is 29.3 Å². The van der Waals surface area contributed by atoms with Crippen LogP contribution < -0.4 is 16.0 Å². The van der Waals surface area contributed by atoms with Gasteiger partial charge in [0, 0.05) is 5.56 Å². The van der Waals surface area contributed by atoms with Gasteiger partial charge in [-0.05, 0) is 67.3 Å². The van der Waals surface area contributed by atoms with Gasteiger partial charge in [-0.1, -0.05) is 18.2 Å². The van der Waals surface area contributed by atoms with E-state index in [1.54, 1.807) is 0 Å². The van der Waals surface area contributed by atoms with Crippen LogP contribution in [0.15, 0.2) is 18.2 Å². The lowest BCUT2D eigenvalue weighted by Gasteiger charge is -2.26. The molecule has 5 atom stereocenters. The van der Waals surface area contributed by atoms with Crippen molar-refractivity contribution in [2.24, 2.45) is 35.4 Å². The summed E-state index contributed by atoms with van der Waals surface area (Å²) in [5.41, 5.74) is 5.83. The standard InChI is InChI=1S/C18H24N2O/c19-20-17(16-14-11-6-7-12(9-11)15(14)16)13-5-1-3-10-4-2-8-21-18(10)13/h1,3,5,11-12,14-17,20H,2,4,6-9,19H2. The summed E-state index contributed by atoms with van der Waals surface area (Å²) in [7, 11) is 0. The number of fused-ring (bicyclic) bond motifs is 6. The van der Waals surface area contributed by atoms with Gasteiger partial charge in [0.15, 0.2) is 0 Å². The summed E-state index contributed by atoms with van der Waals surface area (Å²) in [6.07, 6.45) is 6.69. The van der Waals surface area contributed by atoms with Crippen LogP contribution in [-0.4, -0.2) is 6.61 Å². The minimum atomic E-state index is 0.288. The van der Waals surface area contributed by atoms with Gasteiger partial charge in [0.25, 0.3) is 0 Å². The molecule has 3 nitrogen and oxygen atoms in total. The number of hydrogen-bond acceptors (Lipinski definition) is 3. The van der Waals surface area contributed by atoms with E-state index in [1.165, 1.54) is 30.4 Å². The zero-order valence-corrected chi connectivity index (χ0v) is 12.4. The monoisotopic (exact) mass is 284 g/mol. The Bertz CT molecular complexity index is 556. The average molecular weight is 284 g/mol. The maximum atomic E-state index is 6.01. The van der Waals surface area contributed by atoms with Crippen molar-refractivity contribution in [3.8, 4) is 5.75 Å². The summed E-state index contributed by atoms with van der Waals surface area (Å²) in [4.78, 5) is 0. The summed E-state index contributed by atoms with van der Waals surface area (Å²) in [6, 6.07) is 6.91. The Kier molecular flexibility index (Phi) is 2.65. The number of nitrogens with one attached hydrogen (secondary N) is 1. The summed E-state index contributed by atoms with van der Waals surface area (Å²) < 4.78 is 6.01. The first-order valence-corrected chi connectivity index (χ1v) is 8.59. The number of rotatable bonds is 3. The molecule has 5 rings (SSSR count). The van der Waals surface area contributed by atoms with Crippen molar-refractivity contribution in [2.75, 3.05) is 6.61 Å². The van der Waals surface area contributed by atoms with Gasteiger partial charge >= 0.3 is 0 Å². The fraction of sp³-hybridized carbons (Fsp3) is 0.667. The number of para-hydroxylation sites is 1. The molecule has 1 heterocycles. The highest BCUT2D eigenvalue weighted by molar-refractivity contribution is 5.45. The number of hydrazine groups is 1. The number of benzene rings is 1. The molecule has 0 amide bonds. The van der Waals surface area contributed by atoms with E-state index < -0.39 is 0 Å². The van der Waals surface area contributed by atoms with Crippen LogP contribution in [0.4, 0.5) is 0 Å². The number of ether oxygens (including phenoxy) is 1. The van der Waals surface area contributed by atoms with Gasteiger partial charge in [-0.15, -0.1) is 0 Å². The highest BCUT2D eigenvalue weighted by Crippen LogP contribution is 2.72. The Morgan fingerprint density at radius 3 is 2.76 bits per heavy atom. The van der Waals surface area contributed by atoms with E-state index in [4.69, 9.17) is 10.6 Å². The van der Waals surface area contributed by atoms with Gasteiger partial charge in [0.2, 0.25) is 0 Å². The molecule has 4 aliphatic rings. The molecule has 3 aliphatic carbocycles. The third-order valence-electron chi connectivity index (χ3n) is 6.66. The second kappa shape index (κ2) is 4.47. The molecule has 3 saturated carbocycles. The lowest BCUT2D eigenvalue weighted by molar-refractivity contribution is 0.276. The second-order valence-electron chi connectivity index (χ2n) is 7.50. The maximum absolute atomic E-state index is 6.01. The smallest absolute Gasteiger partial charge is 0.127 e. The third kappa shape index (κ3) is 1.68. The molecule has 1 aromatic rings. The van der Waals surface area contributed by atoms with E-state index in [-0.39, 0.29) is 6.04 Å². The Balaban J connectivity index is 1.49. The van der Waals surface area contributed by atoms with Crippen LogP contribution >= 0.6 is 0 Å². The summed E-state index contributed by atoms with van der Waals surface area (Å²) in [5.74, 6) is 11.7. The average Bonchev–Trinajstić information content (AvgIpc) is 2.94. The first-order valence-electron chi connectivity index (χ1n) is 8.59. The third-order valence-corrected chi connectivity index (χ3v) is 6.66. The maximum Gasteiger partial charge on any atom is 0.127 e. The molecule has 1 aliphatic heterocycles. The topological polar surface area (TPSA) is 47.3 Å². The largest absolute Gasteiger partial charge is 0.493 e. The quantitative estimate of drug-likeness (QED) is 0.663. The van der Waals surface area contributed by atoms with E-state index in [0.717, 1.165) is 54.8 Å². The summed E-state index contributed by atoms with van der Waals surface area (Å²) >= 11 is 0. The normalized spacial score (nSPS) is 40.3. The van der Waals surface area contributed by atoms with Crippen molar-refractivity contribution in [2.45, 2.75) is 38.1 Å². The Morgan fingerprint density at radius 1 is 1.19 bits per heavy atom. The van der Waals surface area contributed by atoms with Crippen LogP contribution in [0.5, 0.6) is 5.75 Å². The zero-order valence-electron chi connectivity index (χ0n) is 12.4. The summed E-state index contributed by atoms with van der Waals surface area (Å²) in [6.45, 7) is 0.851. The predicted molar refractivity (Wildman–Crippen MR) is 81.6 cm³/mol. The van der Waals surface area contributed by atoms with Gasteiger partial charge in [0.05, 0.1) is 12.6 Å². The molecule has 1 aromatic carbocycles. The van der Waals surface area contributed by atoms with E-state index in [0.29, 0.717) is 0 Å². The van der Waals surface area contributed by atoms with Crippen molar-refractivity contribution in [1.29, 1.82) is 0 Å². The van der Waals surface area contributed by atoms with Crippen LogP contribution in [0.25, 0.3) is 0 Å². The van der Waals surface area contributed by atoms with Crippen LogP contribution in [0.2, 0.25) is 0 Å². The van der Waals surface area contributed by atoms with Crippen molar-refractivity contribution in [1.82, 2.24) is 5.43 Å². The van der Waals surface area contributed by atoms with E-state index >= 15 is 0 Å². The first-order chi connectivity index (χ1) is 10.4. The Hall–Kier alpha value is -1.06. The molecule has 3 N–H and O–H groups in total. The van der Waals surface area contributed by atoms with E-state index in [1.807, 2.05) is 0 Å². The second-order valence-corrected chi connectivity index (χ2v) is 7.50. The van der Waals surface area contributed by atoms with E-state index in [2.05, 4.69) is 23.6 Å². The van der Waals surface area contributed by atoms with Crippen LogP contribution in [-0.2, 0) is 6.42 Å². The molecular weight excluding hydrogens is 260 g/mol. The first kappa shape index (κ1) is 12.5. The molecular formula is C18H24N2O. The lowest BCUT2D eigenvalue weighted by Crippen LogP contribution is -2.32. The van der Waals surface area contributed by atoms with Gasteiger partial charge in [-0.2, -0.15) is 0 Å². The highest BCUT2D eigenvalue weighted by atomic mass is 16.5. The molecule has 21 heavy (non-hydrogen) atoms. The predicted octanol–water partition coefficient (Wildman–Crippen LogP) is 2.81.